The minimum absolute atomic E-state index is 0.0220. The van der Waals surface area contributed by atoms with E-state index in [0.29, 0.717) is 36.7 Å². The first-order valence-corrected chi connectivity index (χ1v) is 18.0. The first-order valence-electron chi connectivity index (χ1n) is 16.1. The van der Waals surface area contributed by atoms with E-state index in [9.17, 15) is 13.2 Å². The van der Waals surface area contributed by atoms with E-state index < -0.39 is 10.0 Å². The number of fused-ring (bicyclic) bond motifs is 1. The number of carbonyl (C=O) groups excluding carboxylic acids is 1. The van der Waals surface area contributed by atoms with Gasteiger partial charge < -0.3 is 20.1 Å². The number of hydrogen-bond acceptors (Lipinski definition) is 8. The Morgan fingerprint density at radius 1 is 1.00 bits per heavy atom. The average molecular weight is 623 g/mol. The summed E-state index contributed by atoms with van der Waals surface area (Å²) in [5.41, 5.74) is 3.45. The highest BCUT2D eigenvalue weighted by Crippen LogP contribution is 2.35. The number of aromatic nitrogens is 4. The summed E-state index contributed by atoms with van der Waals surface area (Å²) in [7, 11) is -1.48. The number of para-hydroxylation sites is 2. The third-order valence-corrected chi connectivity index (χ3v) is 11.6. The molecular weight excluding hydrogens is 576 g/mol. The lowest BCUT2D eigenvalue weighted by molar-refractivity contribution is 0.0542. The van der Waals surface area contributed by atoms with Gasteiger partial charge in [-0.05, 0) is 89.4 Å². The van der Waals surface area contributed by atoms with Crippen molar-refractivity contribution in [1.29, 1.82) is 0 Å². The van der Waals surface area contributed by atoms with Crippen molar-refractivity contribution in [3.63, 3.8) is 0 Å². The molecular formula is C32H46N8O3S. The highest BCUT2D eigenvalue weighted by atomic mass is 32.2. The number of imidazole rings is 1. The predicted octanol–water partition coefficient (Wildman–Crippen LogP) is 4.01. The highest BCUT2D eigenvalue weighted by Gasteiger charge is 2.33. The van der Waals surface area contributed by atoms with Crippen LogP contribution in [0.5, 0.6) is 0 Å². The second-order valence-electron chi connectivity index (χ2n) is 13.0. The number of hydrogen-bond donors (Lipinski definition) is 2. The molecule has 0 radical (unpaired) electrons. The molecule has 1 aromatic carbocycles. The Morgan fingerprint density at radius 2 is 1.70 bits per heavy atom. The number of sulfonamides is 1. The quantitative estimate of drug-likeness (QED) is 0.386. The predicted molar refractivity (Wildman–Crippen MR) is 172 cm³/mol. The maximum Gasteiger partial charge on any atom is 0.272 e. The monoisotopic (exact) mass is 622 g/mol. The molecule has 0 bridgehead atoms. The fourth-order valence-corrected chi connectivity index (χ4v) is 8.11. The van der Waals surface area contributed by atoms with Crippen molar-refractivity contribution in [2.75, 3.05) is 51.3 Å². The van der Waals surface area contributed by atoms with E-state index in [1.807, 2.05) is 24.0 Å². The molecule has 11 nitrogen and oxygen atoms in total. The Bertz CT molecular complexity index is 1520. The topological polar surface area (TPSA) is 127 Å². The number of aromatic amines is 1. The molecule has 3 fully saturated rings. The van der Waals surface area contributed by atoms with Crippen molar-refractivity contribution >= 4 is 32.8 Å². The summed E-state index contributed by atoms with van der Waals surface area (Å²) >= 11 is 0. The van der Waals surface area contributed by atoms with Gasteiger partial charge in [0.25, 0.3) is 5.91 Å². The van der Waals surface area contributed by atoms with Crippen molar-refractivity contribution < 1.29 is 13.2 Å². The first-order chi connectivity index (χ1) is 21.2. The molecule has 3 aliphatic rings. The lowest BCUT2D eigenvalue weighted by atomic mass is 9.81. The molecule has 1 saturated carbocycles. The second-order valence-corrected chi connectivity index (χ2v) is 15.0. The molecule has 2 aliphatic heterocycles. The molecule has 12 heteroatoms. The van der Waals surface area contributed by atoms with Crippen LogP contribution in [-0.2, 0) is 10.0 Å². The molecule has 0 spiro atoms. The standard InChI is InChI=1S/C32H46N8O3S/c1-22-29(32(41)40-18-14-26(15-19-40)39-16-12-25(13-17-39)38(2)44(3,42)43)34-21-35-30(22)33-20-23-8-10-24(11-9-23)31-36-27-6-4-5-7-28(27)37-31/h4-7,21,23-26H,8-20H2,1-3H3,(H,36,37)(H,33,34,35). The molecule has 0 atom stereocenters. The Kier molecular flexibility index (Phi) is 9.21. The van der Waals surface area contributed by atoms with E-state index in [1.54, 1.807) is 7.05 Å². The zero-order valence-corrected chi connectivity index (χ0v) is 27.0. The number of carbonyl (C=O) groups is 1. The molecule has 2 saturated heterocycles. The number of piperidine rings is 2. The number of nitrogens with zero attached hydrogens (tertiary/aromatic N) is 6. The summed E-state index contributed by atoms with van der Waals surface area (Å²) in [4.78, 5) is 35.2. The number of rotatable bonds is 8. The molecule has 238 valence electrons. The average Bonchev–Trinajstić information content (AvgIpc) is 3.48. The molecule has 3 aromatic rings. The largest absolute Gasteiger partial charge is 0.369 e. The van der Waals surface area contributed by atoms with E-state index in [1.165, 1.54) is 16.9 Å². The Hall–Kier alpha value is -3.09. The number of amides is 1. The van der Waals surface area contributed by atoms with Crippen molar-refractivity contribution in [2.45, 2.75) is 76.3 Å². The molecule has 2 N–H and O–H groups in total. The Labute approximate surface area is 260 Å². The Balaban J connectivity index is 0.971. The summed E-state index contributed by atoms with van der Waals surface area (Å²) in [6.45, 7) is 5.97. The number of likely N-dealkylation sites (tertiary alicyclic amines) is 2. The number of nitrogens with one attached hydrogen (secondary N) is 2. The van der Waals surface area contributed by atoms with E-state index in [4.69, 9.17) is 4.98 Å². The van der Waals surface area contributed by atoms with Gasteiger partial charge in [0.15, 0.2) is 0 Å². The summed E-state index contributed by atoms with van der Waals surface area (Å²) in [6, 6.07) is 8.72. The summed E-state index contributed by atoms with van der Waals surface area (Å²) in [5.74, 6) is 2.87. The van der Waals surface area contributed by atoms with Crippen LogP contribution in [0.4, 0.5) is 5.82 Å². The van der Waals surface area contributed by atoms with Gasteiger partial charge in [-0.3, -0.25) is 4.79 Å². The third kappa shape index (κ3) is 6.77. The highest BCUT2D eigenvalue weighted by molar-refractivity contribution is 7.88. The van der Waals surface area contributed by atoms with E-state index in [2.05, 4.69) is 37.3 Å². The molecule has 2 aromatic heterocycles. The van der Waals surface area contributed by atoms with E-state index in [0.717, 1.165) is 99.2 Å². The zero-order valence-electron chi connectivity index (χ0n) is 26.2. The van der Waals surface area contributed by atoms with Crippen LogP contribution in [0.2, 0.25) is 0 Å². The van der Waals surface area contributed by atoms with Gasteiger partial charge in [0, 0.05) is 50.2 Å². The maximum atomic E-state index is 13.5. The SMILES string of the molecule is Cc1c(NCC2CCC(c3nc4ccccc4[nH]3)CC2)ncnc1C(=O)N1CCC(N2CCC(N(C)S(C)(=O)=O)CC2)CC1. The fraction of sp³-hybridized carbons (Fsp3) is 0.625. The van der Waals surface area contributed by atoms with Gasteiger partial charge in [0.2, 0.25) is 10.0 Å². The van der Waals surface area contributed by atoms with Gasteiger partial charge in [-0.25, -0.2) is 27.7 Å². The third-order valence-electron chi connectivity index (χ3n) is 10.3. The normalized spacial score (nSPS) is 23.0. The fourth-order valence-electron chi connectivity index (χ4n) is 7.36. The van der Waals surface area contributed by atoms with Gasteiger partial charge in [-0.1, -0.05) is 12.1 Å². The van der Waals surface area contributed by atoms with Crippen molar-refractivity contribution in [3.8, 4) is 0 Å². The van der Waals surface area contributed by atoms with Crippen molar-refractivity contribution in [1.82, 2.24) is 34.0 Å². The minimum Gasteiger partial charge on any atom is -0.369 e. The number of H-pyrrole nitrogens is 1. The van der Waals surface area contributed by atoms with E-state index >= 15 is 0 Å². The molecule has 4 heterocycles. The van der Waals surface area contributed by atoms with Crippen LogP contribution >= 0.6 is 0 Å². The molecule has 1 amide bonds. The van der Waals surface area contributed by atoms with Crippen LogP contribution in [-0.4, -0.2) is 106 Å². The Morgan fingerprint density at radius 3 is 2.39 bits per heavy atom. The summed E-state index contributed by atoms with van der Waals surface area (Å²) < 4.78 is 25.4. The molecule has 6 rings (SSSR count). The molecule has 0 unspecified atom stereocenters. The number of benzene rings is 1. The summed E-state index contributed by atoms with van der Waals surface area (Å²) in [6.07, 6.45) is 10.8. The maximum absolute atomic E-state index is 13.5. The summed E-state index contributed by atoms with van der Waals surface area (Å²) in [5, 5.41) is 3.53. The van der Waals surface area contributed by atoms with Crippen LogP contribution in [0, 0.1) is 12.8 Å². The van der Waals surface area contributed by atoms with Crippen LogP contribution in [0.1, 0.15) is 79.2 Å². The smallest absolute Gasteiger partial charge is 0.272 e. The van der Waals surface area contributed by atoms with Crippen molar-refractivity contribution in [2.24, 2.45) is 5.92 Å². The second kappa shape index (κ2) is 13.1. The first kappa shape index (κ1) is 30.9. The van der Waals surface area contributed by atoms with Gasteiger partial charge in [-0.15, -0.1) is 0 Å². The van der Waals surface area contributed by atoms with Gasteiger partial charge in [-0.2, -0.15) is 0 Å². The lowest BCUT2D eigenvalue weighted by Gasteiger charge is -2.43. The molecule has 1 aliphatic carbocycles. The van der Waals surface area contributed by atoms with Crippen LogP contribution < -0.4 is 5.32 Å². The number of anilines is 1. The van der Waals surface area contributed by atoms with Gasteiger partial charge >= 0.3 is 0 Å². The lowest BCUT2D eigenvalue weighted by Crippen LogP contribution is -2.52. The minimum atomic E-state index is -3.17. The van der Waals surface area contributed by atoms with Crippen LogP contribution in [0.15, 0.2) is 30.6 Å². The van der Waals surface area contributed by atoms with Crippen LogP contribution in [0.25, 0.3) is 11.0 Å². The van der Waals surface area contributed by atoms with E-state index in [-0.39, 0.29) is 11.9 Å². The van der Waals surface area contributed by atoms with Crippen LogP contribution in [0.3, 0.4) is 0 Å². The zero-order chi connectivity index (χ0) is 30.8. The van der Waals surface area contributed by atoms with Gasteiger partial charge in [0.05, 0.1) is 17.3 Å². The molecule has 44 heavy (non-hydrogen) atoms. The van der Waals surface area contributed by atoms with Gasteiger partial charge in [0.1, 0.15) is 23.7 Å². The van der Waals surface area contributed by atoms with Crippen molar-refractivity contribution in [3.05, 3.63) is 47.7 Å².